The number of benzene rings is 2. The first-order chi connectivity index (χ1) is 14.9. The summed E-state index contributed by atoms with van der Waals surface area (Å²) >= 11 is 0. The van der Waals surface area contributed by atoms with E-state index in [1.807, 2.05) is 31.2 Å². The highest BCUT2D eigenvalue weighted by molar-refractivity contribution is 5.94. The van der Waals surface area contributed by atoms with Crippen molar-refractivity contribution in [1.29, 1.82) is 0 Å². The second-order valence-electron chi connectivity index (χ2n) is 7.20. The zero-order valence-electron chi connectivity index (χ0n) is 17.4. The van der Waals surface area contributed by atoms with E-state index in [2.05, 4.69) is 15.5 Å². The average molecular weight is 432 g/mol. The van der Waals surface area contributed by atoms with Crippen LogP contribution >= 0.6 is 0 Å². The maximum Gasteiger partial charge on any atom is 0.238 e. The topological polar surface area (TPSA) is 73.9 Å². The molecule has 166 valence electrons. The second kappa shape index (κ2) is 10.8. The van der Waals surface area contributed by atoms with Gasteiger partial charge in [-0.3, -0.25) is 14.5 Å². The van der Waals surface area contributed by atoms with Crippen LogP contribution in [0.4, 0.5) is 25.8 Å². The minimum absolute atomic E-state index is 0.00659. The normalized spacial score (nSPS) is 13.9. The molecule has 0 radical (unpaired) electrons. The molecule has 0 spiro atoms. The van der Waals surface area contributed by atoms with Gasteiger partial charge in [0.1, 0.15) is 11.6 Å². The fourth-order valence-electron chi connectivity index (χ4n) is 3.29. The molecular weight excluding hydrogens is 406 g/mol. The van der Waals surface area contributed by atoms with Crippen molar-refractivity contribution in [1.82, 2.24) is 4.90 Å². The molecule has 9 heteroatoms. The molecule has 0 aliphatic carbocycles. The highest BCUT2D eigenvalue weighted by Gasteiger charge is 2.15. The van der Waals surface area contributed by atoms with Crippen LogP contribution in [0.3, 0.4) is 0 Å². The van der Waals surface area contributed by atoms with Gasteiger partial charge >= 0.3 is 0 Å². The number of hydrogen-bond donors (Lipinski definition) is 2. The van der Waals surface area contributed by atoms with Crippen LogP contribution in [0.5, 0.6) is 0 Å². The van der Waals surface area contributed by atoms with Crippen molar-refractivity contribution in [2.24, 2.45) is 0 Å². The molecule has 1 fully saturated rings. The Morgan fingerprint density at radius 3 is 2.03 bits per heavy atom. The number of rotatable bonds is 8. The molecule has 0 aromatic heterocycles. The molecule has 1 aliphatic heterocycles. The lowest BCUT2D eigenvalue weighted by atomic mass is 10.2. The van der Waals surface area contributed by atoms with Crippen LogP contribution in [-0.2, 0) is 14.3 Å². The SMILES string of the molecule is CCN(CC(=O)Nc1ccc(N2CCOCC2)cc1)CC(=O)Nc1cc(F)cc(F)c1. The molecule has 0 unspecified atom stereocenters. The first kappa shape index (κ1) is 22.6. The molecule has 7 nitrogen and oxygen atoms in total. The van der Waals surface area contributed by atoms with Gasteiger partial charge in [0.15, 0.2) is 0 Å². The fourth-order valence-corrected chi connectivity index (χ4v) is 3.29. The summed E-state index contributed by atoms with van der Waals surface area (Å²) in [5.74, 6) is -2.27. The number of carbonyl (C=O) groups is 2. The van der Waals surface area contributed by atoms with Crippen LogP contribution in [0.2, 0.25) is 0 Å². The first-order valence-electron chi connectivity index (χ1n) is 10.1. The minimum atomic E-state index is -0.776. The molecule has 31 heavy (non-hydrogen) atoms. The van der Waals surface area contributed by atoms with Crippen LogP contribution in [0.25, 0.3) is 0 Å². The first-order valence-corrected chi connectivity index (χ1v) is 10.1. The number of likely N-dealkylation sites (N-methyl/N-ethyl adjacent to an activating group) is 1. The summed E-state index contributed by atoms with van der Waals surface area (Å²) in [4.78, 5) is 28.4. The largest absolute Gasteiger partial charge is 0.378 e. The summed E-state index contributed by atoms with van der Waals surface area (Å²) in [5, 5.41) is 5.26. The lowest BCUT2D eigenvalue weighted by Crippen LogP contribution is -2.38. The molecule has 2 N–H and O–H groups in total. The monoisotopic (exact) mass is 432 g/mol. The molecule has 0 bridgehead atoms. The number of nitrogens with zero attached hydrogens (tertiary/aromatic N) is 2. The van der Waals surface area contributed by atoms with Crippen LogP contribution < -0.4 is 15.5 Å². The van der Waals surface area contributed by atoms with Gasteiger partial charge in [0.05, 0.1) is 26.3 Å². The molecule has 0 atom stereocenters. The lowest BCUT2D eigenvalue weighted by Gasteiger charge is -2.29. The second-order valence-corrected chi connectivity index (χ2v) is 7.20. The Hall–Kier alpha value is -3.04. The Morgan fingerprint density at radius 2 is 1.48 bits per heavy atom. The van der Waals surface area contributed by atoms with Gasteiger partial charge < -0.3 is 20.3 Å². The Bertz CT molecular complexity index is 882. The van der Waals surface area contributed by atoms with E-state index in [0.717, 1.165) is 37.0 Å². The molecule has 0 saturated carbocycles. The summed E-state index contributed by atoms with van der Waals surface area (Å²) in [6.07, 6.45) is 0. The molecular formula is C22H26F2N4O3. The van der Waals surface area contributed by atoms with E-state index in [9.17, 15) is 18.4 Å². The highest BCUT2D eigenvalue weighted by atomic mass is 19.1. The van der Waals surface area contributed by atoms with E-state index >= 15 is 0 Å². The molecule has 1 saturated heterocycles. The van der Waals surface area contributed by atoms with Crippen molar-refractivity contribution in [3.05, 3.63) is 54.1 Å². The van der Waals surface area contributed by atoms with E-state index in [1.165, 1.54) is 0 Å². The summed E-state index contributed by atoms with van der Waals surface area (Å²) in [6, 6.07) is 10.4. The van der Waals surface area contributed by atoms with Gasteiger partial charge in [0.2, 0.25) is 11.8 Å². The van der Waals surface area contributed by atoms with Gasteiger partial charge in [-0.05, 0) is 42.9 Å². The number of nitrogens with one attached hydrogen (secondary N) is 2. The predicted molar refractivity (Wildman–Crippen MR) is 115 cm³/mol. The van der Waals surface area contributed by atoms with Crippen LogP contribution in [0.1, 0.15) is 6.92 Å². The number of ether oxygens (including phenoxy) is 1. The smallest absolute Gasteiger partial charge is 0.238 e. The molecule has 2 aromatic rings. The predicted octanol–water partition coefficient (Wildman–Crippen LogP) is 2.70. The Labute approximate surface area is 180 Å². The van der Waals surface area contributed by atoms with Gasteiger partial charge in [-0.1, -0.05) is 6.92 Å². The lowest BCUT2D eigenvalue weighted by molar-refractivity contribution is -0.119. The van der Waals surface area contributed by atoms with Crippen molar-refractivity contribution >= 4 is 28.9 Å². The summed E-state index contributed by atoms with van der Waals surface area (Å²) in [7, 11) is 0. The molecule has 2 amide bonds. The third kappa shape index (κ3) is 7.01. The molecule has 1 heterocycles. The molecule has 1 aliphatic rings. The standard InChI is InChI=1S/C22H26F2N4O3/c1-2-27(15-22(30)26-19-12-16(23)11-17(24)13-19)14-21(29)25-18-3-5-20(6-4-18)28-7-9-31-10-8-28/h3-6,11-13H,2,7-10,14-15H2,1H3,(H,25,29)(H,26,30). The number of hydrogen-bond acceptors (Lipinski definition) is 5. The highest BCUT2D eigenvalue weighted by Crippen LogP contribution is 2.19. The van der Waals surface area contributed by atoms with E-state index < -0.39 is 17.5 Å². The number of morpholine rings is 1. The minimum Gasteiger partial charge on any atom is -0.378 e. The maximum absolute atomic E-state index is 13.3. The van der Waals surface area contributed by atoms with Gasteiger partial charge in [-0.15, -0.1) is 0 Å². The number of carbonyl (C=O) groups excluding carboxylic acids is 2. The molecule has 3 rings (SSSR count). The number of amides is 2. The van der Waals surface area contributed by atoms with Crippen molar-refractivity contribution in [3.8, 4) is 0 Å². The van der Waals surface area contributed by atoms with E-state index in [0.29, 0.717) is 25.4 Å². The van der Waals surface area contributed by atoms with Gasteiger partial charge in [0, 0.05) is 36.2 Å². The maximum atomic E-state index is 13.3. The third-order valence-electron chi connectivity index (χ3n) is 4.86. The molecule has 2 aromatic carbocycles. The van der Waals surface area contributed by atoms with Crippen LogP contribution in [0.15, 0.2) is 42.5 Å². The fraction of sp³-hybridized carbons (Fsp3) is 0.364. The quantitative estimate of drug-likeness (QED) is 0.671. The number of halogens is 2. The van der Waals surface area contributed by atoms with Crippen molar-refractivity contribution < 1.29 is 23.1 Å². The van der Waals surface area contributed by atoms with Gasteiger partial charge in [0.25, 0.3) is 0 Å². The Morgan fingerprint density at radius 1 is 0.935 bits per heavy atom. The average Bonchev–Trinajstić information content (AvgIpc) is 2.73. The summed E-state index contributed by atoms with van der Waals surface area (Å²) in [5.41, 5.74) is 1.77. The van der Waals surface area contributed by atoms with Gasteiger partial charge in [-0.2, -0.15) is 0 Å². The van der Waals surface area contributed by atoms with Gasteiger partial charge in [-0.25, -0.2) is 8.78 Å². The van der Waals surface area contributed by atoms with Crippen LogP contribution in [-0.4, -0.2) is 62.7 Å². The van der Waals surface area contributed by atoms with Crippen LogP contribution in [0, 0.1) is 11.6 Å². The van der Waals surface area contributed by atoms with Crippen molar-refractivity contribution in [2.75, 3.05) is 61.5 Å². The third-order valence-corrected chi connectivity index (χ3v) is 4.86. The summed E-state index contributed by atoms with van der Waals surface area (Å²) < 4.78 is 31.9. The number of anilines is 3. The summed E-state index contributed by atoms with van der Waals surface area (Å²) in [6.45, 7) is 5.27. The van der Waals surface area contributed by atoms with E-state index in [1.54, 1.807) is 4.90 Å². The van der Waals surface area contributed by atoms with Crippen molar-refractivity contribution in [3.63, 3.8) is 0 Å². The Balaban J connectivity index is 1.49. The van der Waals surface area contributed by atoms with E-state index in [-0.39, 0.29) is 24.7 Å². The van der Waals surface area contributed by atoms with Crippen molar-refractivity contribution in [2.45, 2.75) is 6.92 Å². The zero-order valence-corrected chi connectivity index (χ0v) is 17.4. The van der Waals surface area contributed by atoms with E-state index in [4.69, 9.17) is 4.74 Å². The Kier molecular flexibility index (Phi) is 7.91. The zero-order chi connectivity index (χ0) is 22.2.